The first-order valence-corrected chi connectivity index (χ1v) is 8.75. The van der Waals surface area contributed by atoms with Gasteiger partial charge in [-0.15, -0.1) is 0 Å². The van der Waals surface area contributed by atoms with Crippen LogP contribution in [0.5, 0.6) is 0 Å². The second kappa shape index (κ2) is 7.78. The third-order valence-electron chi connectivity index (χ3n) is 2.94. The average Bonchev–Trinajstić information content (AvgIpc) is 2.42. The Morgan fingerprint density at radius 1 is 1.22 bits per heavy atom. The molecule has 1 amide bonds. The molecule has 1 rings (SSSR count). The molecule has 0 spiro atoms. The van der Waals surface area contributed by atoms with Crippen molar-refractivity contribution in [2.24, 2.45) is 5.92 Å². The second-order valence-electron chi connectivity index (χ2n) is 5.54. The maximum atomic E-state index is 13.4. The van der Waals surface area contributed by atoms with E-state index in [0.717, 1.165) is 16.6 Å². The summed E-state index contributed by atoms with van der Waals surface area (Å²) in [7, 11) is -3.48. The summed E-state index contributed by atoms with van der Waals surface area (Å²) < 4.78 is 63.7. The van der Waals surface area contributed by atoms with Gasteiger partial charge in [0.15, 0.2) is 17.5 Å². The molecule has 0 heterocycles. The Hall–Kier alpha value is -1.61. The fourth-order valence-electron chi connectivity index (χ4n) is 1.86. The largest absolute Gasteiger partial charge is 0.323 e. The molecule has 0 bridgehead atoms. The molecular formula is C14H19F3N2O3S. The maximum absolute atomic E-state index is 13.4. The number of nitrogens with one attached hydrogen (secondary N) is 1. The van der Waals surface area contributed by atoms with Crippen molar-refractivity contribution in [2.75, 3.05) is 24.7 Å². The first kappa shape index (κ1) is 19.4. The molecule has 0 radical (unpaired) electrons. The number of amides is 1. The van der Waals surface area contributed by atoms with Gasteiger partial charge in [0.1, 0.15) is 0 Å². The Labute approximate surface area is 133 Å². The number of hydrogen-bond donors (Lipinski definition) is 1. The van der Waals surface area contributed by atoms with Crippen LogP contribution in [0.25, 0.3) is 0 Å². The number of nitrogens with zero attached hydrogens (tertiary/aromatic N) is 1. The van der Waals surface area contributed by atoms with Crippen molar-refractivity contribution in [1.82, 2.24) is 4.31 Å². The number of sulfonamides is 1. The first-order chi connectivity index (χ1) is 10.5. The van der Waals surface area contributed by atoms with Crippen molar-refractivity contribution >= 4 is 21.6 Å². The molecule has 0 aliphatic heterocycles. The molecule has 1 aromatic rings. The molecule has 0 saturated carbocycles. The van der Waals surface area contributed by atoms with Crippen molar-refractivity contribution in [3.63, 3.8) is 0 Å². The first-order valence-electron chi connectivity index (χ1n) is 6.90. The number of carbonyl (C=O) groups excluding carboxylic acids is 1. The van der Waals surface area contributed by atoms with Crippen LogP contribution >= 0.6 is 0 Å². The predicted octanol–water partition coefficient (Wildman–Crippen LogP) is 2.35. The maximum Gasteiger partial charge on any atom is 0.225 e. The van der Waals surface area contributed by atoms with Crippen LogP contribution in [0.2, 0.25) is 0 Å². The van der Waals surface area contributed by atoms with Gasteiger partial charge in [-0.25, -0.2) is 25.9 Å². The highest BCUT2D eigenvalue weighted by Crippen LogP contribution is 2.19. The number of halogens is 3. The van der Waals surface area contributed by atoms with E-state index in [1.54, 1.807) is 0 Å². The molecule has 0 aliphatic carbocycles. The summed E-state index contributed by atoms with van der Waals surface area (Å²) in [5.74, 6) is -5.18. The highest BCUT2D eigenvalue weighted by Gasteiger charge is 2.20. The highest BCUT2D eigenvalue weighted by atomic mass is 32.2. The summed E-state index contributed by atoms with van der Waals surface area (Å²) in [5, 5.41) is 2.10. The molecule has 0 fully saturated rings. The van der Waals surface area contributed by atoms with Crippen molar-refractivity contribution in [3.8, 4) is 0 Å². The topological polar surface area (TPSA) is 66.5 Å². The lowest BCUT2D eigenvalue weighted by atomic mass is 10.2. The molecule has 0 aliphatic rings. The molecular weight excluding hydrogens is 333 g/mol. The minimum atomic E-state index is -3.48. The zero-order valence-electron chi connectivity index (χ0n) is 13.1. The summed E-state index contributed by atoms with van der Waals surface area (Å²) in [6, 6.07) is 1.59. The van der Waals surface area contributed by atoms with Gasteiger partial charge in [0, 0.05) is 19.5 Å². The van der Waals surface area contributed by atoms with Crippen LogP contribution in [0.15, 0.2) is 12.1 Å². The Morgan fingerprint density at radius 2 is 1.83 bits per heavy atom. The van der Waals surface area contributed by atoms with Crippen LogP contribution in [0.1, 0.15) is 20.3 Å². The van der Waals surface area contributed by atoms with Crippen molar-refractivity contribution < 1.29 is 26.4 Å². The third-order valence-corrected chi connectivity index (χ3v) is 4.21. The zero-order chi connectivity index (χ0) is 17.8. The van der Waals surface area contributed by atoms with E-state index < -0.39 is 39.1 Å². The smallest absolute Gasteiger partial charge is 0.225 e. The van der Waals surface area contributed by atoms with Gasteiger partial charge in [0.25, 0.3) is 0 Å². The van der Waals surface area contributed by atoms with Gasteiger partial charge in [0.2, 0.25) is 15.9 Å². The van der Waals surface area contributed by atoms with Gasteiger partial charge in [-0.3, -0.25) is 4.79 Å². The molecule has 0 saturated heterocycles. The fraction of sp³-hybridized carbons (Fsp3) is 0.500. The number of rotatable bonds is 7. The van der Waals surface area contributed by atoms with Crippen molar-refractivity contribution in [1.29, 1.82) is 0 Å². The van der Waals surface area contributed by atoms with Crippen LogP contribution in [0, 0.1) is 23.4 Å². The summed E-state index contributed by atoms with van der Waals surface area (Å²) >= 11 is 0. The minimum absolute atomic E-state index is 0.0661. The van der Waals surface area contributed by atoms with Gasteiger partial charge in [-0.1, -0.05) is 13.8 Å². The average molecular weight is 352 g/mol. The van der Waals surface area contributed by atoms with Gasteiger partial charge >= 0.3 is 0 Å². The Balaban J connectivity index is 2.71. The Kier molecular flexibility index (Phi) is 6.57. The normalized spacial score (nSPS) is 12.0. The van der Waals surface area contributed by atoms with Gasteiger partial charge in [-0.05, 0) is 18.1 Å². The Morgan fingerprint density at radius 3 is 2.35 bits per heavy atom. The standard InChI is InChI=1S/C14H19F3N2O3S/c1-9(2)8-19(23(3,21)22)7-6-12(20)18-11-5-4-10(15)13(16)14(11)17/h4-5,9H,6-8H2,1-3H3,(H,18,20). The molecule has 0 unspecified atom stereocenters. The van der Waals surface area contributed by atoms with Gasteiger partial charge < -0.3 is 5.32 Å². The molecule has 23 heavy (non-hydrogen) atoms. The van der Waals surface area contributed by atoms with Crippen molar-refractivity contribution in [2.45, 2.75) is 20.3 Å². The lowest BCUT2D eigenvalue weighted by Gasteiger charge is -2.21. The van der Waals surface area contributed by atoms with Crippen LogP contribution in [-0.2, 0) is 14.8 Å². The molecule has 0 atom stereocenters. The second-order valence-corrected chi connectivity index (χ2v) is 7.52. The van der Waals surface area contributed by atoms with Gasteiger partial charge in [-0.2, -0.15) is 0 Å². The SMILES string of the molecule is CC(C)CN(CCC(=O)Nc1ccc(F)c(F)c1F)S(C)(=O)=O. The van der Waals surface area contributed by atoms with E-state index in [1.807, 2.05) is 13.8 Å². The van der Waals surface area contributed by atoms with Gasteiger partial charge in [0.05, 0.1) is 11.9 Å². The van der Waals surface area contributed by atoms with Crippen LogP contribution in [0.3, 0.4) is 0 Å². The summed E-state index contributed by atoms with van der Waals surface area (Å²) in [5.41, 5.74) is -0.497. The van der Waals surface area contributed by atoms with Crippen LogP contribution in [-0.4, -0.2) is 38.0 Å². The molecule has 9 heteroatoms. The van der Waals surface area contributed by atoms with E-state index >= 15 is 0 Å². The number of carbonyl (C=O) groups is 1. The molecule has 1 aromatic carbocycles. The Bertz CT molecular complexity index is 678. The molecule has 5 nitrogen and oxygen atoms in total. The lowest BCUT2D eigenvalue weighted by molar-refractivity contribution is -0.116. The summed E-state index contributed by atoms with van der Waals surface area (Å²) in [6.07, 6.45) is 0.792. The fourth-order valence-corrected chi connectivity index (χ4v) is 2.85. The molecule has 130 valence electrons. The van der Waals surface area contributed by atoms with E-state index in [2.05, 4.69) is 5.32 Å². The number of hydrogen-bond acceptors (Lipinski definition) is 3. The molecule has 1 N–H and O–H groups in total. The van der Waals surface area contributed by atoms with E-state index in [1.165, 1.54) is 0 Å². The van der Waals surface area contributed by atoms with E-state index in [-0.39, 0.29) is 25.4 Å². The minimum Gasteiger partial charge on any atom is -0.323 e. The number of benzene rings is 1. The van der Waals surface area contributed by atoms with E-state index in [9.17, 15) is 26.4 Å². The number of anilines is 1. The van der Waals surface area contributed by atoms with Crippen molar-refractivity contribution in [3.05, 3.63) is 29.6 Å². The predicted molar refractivity (Wildman–Crippen MR) is 80.8 cm³/mol. The summed E-state index contributed by atoms with van der Waals surface area (Å²) in [4.78, 5) is 11.8. The van der Waals surface area contributed by atoms with Crippen LogP contribution in [0.4, 0.5) is 18.9 Å². The monoisotopic (exact) mass is 352 g/mol. The third kappa shape index (κ3) is 5.83. The molecule has 0 aromatic heterocycles. The lowest BCUT2D eigenvalue weighted by Crippen LogP contribution is -2.35. The summed E-state index contributed by atoms with van der Waals surface area (Å²) in [6.45, 7) is 3.81. The van der Waals surface area contributed by atoms with E-state index in [0.29, 0.717) is 6.07 Å². The quantitative estimate of drug-likeness (QED) is 0.766. The van der Waals surface area contributed by atoms with Crippen LogP contribution < -0.4 is 5.32 Å². The highest BCUT2D eigenvalue weighted by molar-refractivity contribution is 7.88. The van der Waals surface area contributed by atoms with E-state index in [4.69, 9.17) is 0 Å². The zero-order valence-corrected chi connectivity index (χ0v) is 13.9.